The number of fused-ring (bicyclic) bond motifs is 3. The zero-order valence-corrected chi connectivity index (χ0v) is 15.7. The van der Waals surface area contributed by atoms with E-state index in [1.807, 2.05) is 24.3 Å². The van der Waals surface area contributed by atoms with Gasteiger partial charge in [-0.25, -0.2) is 0 Å². The number of carboxylic acid groups (broad SMARTS) is 1. The molecule has 0 radical (unpaired) electrons. The molecule has 1 aromatic carbocycles. The van der Waals surface area contributed by atoms with Gasteiger partial charge in [0.05, 0.1) is 0 Å². The first-order chi connectivity index (χ1) is 13.1. The Morgan fingerprint density at radius 3 is 2.78 bits per heavy atom. The van der Waals surface area contributed by atoms with Crippen molar-refractivity contribution < 1.29 is 19.4 Å². The van der Waals surface area contributed by atoms with E-state index in [1.54, 1.807) is 0 Å². The Balaban J connectivity index is 1.40. The van der Waals surface area contributed by atoms with E-state index in [9.17, 15) is 14.7 Å². The lowest BCUT2D eigenvalue weighted by Crippen LogP contribution is -2.45. The number of amides is 1. The van der Waals surface area contributed by atoms with Crippen LogP contribution in [0.5, 0.6) is 5.75 Å². The van der Waals surface area contributed by atoms with Gasteiger partial charge in [0.2, 0.25) is 5.91 Å². The summed E-state index contributed by atoms with van der Waals surface area (Å²) in [6, 6.07) is 8.03. The Morgan fingerprint density at radius 2 is 2.00 bits per heavy atom. The third-order valence-corrected chi connectivity index (χ3v) is 6.44. The summed E-state index contributed by atoms with van der Waals surface area (Å²) in [5.41, 5.74) is 0.0501. The second kappa shape index (κ2) is 7.50. The quantitative estimate of drug-likeness (QED) is 0.830. The minimum atomic E-state index is -0.922. The van der Waals surface area contributed by atoms with E-state index < -0.39 is 11.4 Å². The summed E-state index contributed by atoms with van der Waals surface area (Å²) in [6.45, 7) is 1.86. The summed E-state index contributed by atoms with van der Waals surface area (Å²) in [4.78, 5) is 26.6. The average Bonchev–Trinajstić information content (AvgIpc) is 3.08. The maximum Gasteiger partial charge on any atom is 0.315 e. The van der Waals surface area contributed by atoms with Crippen molar-refractivity contribution in [2.24, 2.45) is 5.41 Å². The minimum absolute atomic E-state index is 0.0813. The van der Waals surface area contributed by atoms with Crippen molar-refractivity contribution in [3.8, 4) is 5.75 Å². The van der Waals surface area contributed by atoms with Gasteiger partial charge in [-0.3, -0.25) is 9.59 Å². The van der Waals surface area contributed by atoms with Gasteiger partial charge in [0.1, 0.15) is 17.8 Å². The van der Waals surface area contributed by atoms with E-state index >= 15 is 0 Å². The number of nitrogens with zero attached hydrogens (tertiary/aromatic N) is 1. The third-order valence-electron chi connectivity index (χ3n) is 6.44. The summed E-state index contributed by atoms with van der Waals surface area (Å²) in [5.74, 6) is -0.0356. The van der Waals surface area contributed by atoms with E-state index in [0.29, 0.717) is 32.1 Å². The number of ether oxygens (including phenoxy) is 1. The lowest BCUT2D eigenvalue weighted by atomic mass is 9.73. The Bertz CT molecular complexity index is 716. The zero-order chi connectivity index (χ0) is 18.9. The Kier molecular flexibility index (Phi) is 5.08. The van der Waals surface area contributed by atoms with Crippen LogP contribution in [0.2, 0.25) is 0 Å². The molecule has 0 aromatic heterocycles. The molecule has 2 atom stereocenters. The van der Waals surface area contributed by atoms with E-state index in [0.717, 1.165) is 24.2 Å². The molecule has 1 aromatic rings. The van der Waals surface area contributed by atoms with Crippen LogP contribution in [0.1, 0.15) is 50.0 Å². The number of carboxylic acids is 1. The summed E-state index contributed by atoms with van der Waals surface area (Å²) in [7, 11) is 0. The summed E-state index contributed by atoms with van der Waals surface area (Å²) in [6.07, 6.45) is 6.23. The molecule has 0 bridgehead atoms. The number of benzene rings is 1. The number of aliphatic carboxylic acids is 1. The lowest BCUT2D eigenvalue weighted by Gasteiger charge is -2.35. The molecule has 0 unspecified atom stereocenters. The molecule has 4 rings (SSSR count). The van der Waals surface area contributed by atoms with Gasteiger partial charge >= 0.3 is 5.97 Å². The van der Waals surface area contributed by atoms with Crippen molar-refractivity contribution in [1.29, 1.82) is 0 Å². The van der Waals surface area contributed by atoms with Crippen molar-refractivity contribution in [3.63, 3.8) is 0 Å². The van der Waals surface area contributed by atoms with Crippen molar-refractivity contribution in [1.82, 2.24) is 10.2 Å². The Morgan fingerprint density at radius 1 is 1.22 bits per heavy atom. The maximum absolute atomic E-state index is 12.3. The number of carbonyl (C=O) groups is 2. The monoisotopic (exact) mass is 372 g/mol. The highest BCUT2D eigenvalue weighted by Crippen LogP contribution is 2.49. The molecule has 6 heteroatoms. The van der Waals surface area contributed by atoms with Crippen LogP contribution in [-0.4, -0.2) is 54.2 Å². The number of hydrogen-bond donors (Lipinski definition) is 2. The van der Waals surface area contributed by atoms with Crippen LogP contribution in [0.25, 0.3) is 0 Å². The molecule has 2 heterocycles. The minimum Gasteiger partial charge on any atom is -0.492 e. The molecule has 1 amide bonds. The molecule has 27 heavy (non-hydrogen) atoms. The first-order valence-corrected chi connectivity index (χ1v) is 10.1. The van der Waals surface area contributed by atoms with Crippen LogP contribution in [0.3, 0.4) is 0 Å². The van der Waals surface area contributed by atoms with E-state index in [-0.39, 0.29) is 18.4 Å². The van der Waals surface area contributed by atoms with Crippen LogP contribution < -0.4 is 10.1 Å². The second-order valence-corrected chi connectivity index (χ2v) is 8.23. The fourth-order valence-corrected chi connectivity index (χ4v) is 4.91. The standard InChI is InChI=1S/C21H28N2O4/c24-19(22-15-6-2-1-3-7-15)10-11-23-12-17-16-8-4-5-9-18(16)27-14-21(17,13-23)20(25)26/h4-5,8-9,15,17H,1-3,6-7,10-14H2,(H,22,24)(H,25,26)/t17-,21-/m0/s1. The molecule has 1 saturated heterocycles. The number of nitrogens with one attached hydrogen (secondary N) is 1. The van der Waals surface area contributed by atoms with Gasteiger partial charge in [0.25, 0.3) is 0 Å². The van der Waals surface area contributed by atoms with Gasteiger partial charge in [0.15, 0.2) is 0 Å². The lowest BCUT2D eigenvalue weighted by molar-refractivity contribution is -0.151. The van der Waals surface area contributed by atoms with Crippen molar-refractivity contribution in [3.05, 3.63) is 29.8 Å². The van der Waals surface area contributed by atoms with Crippen LogP contribution in [0, 0.1) is 5.41 Å². The molecule has 146 valence electrons. The maximum atomic E-state index is 12.3. The number of para-hydroxylation sites is 1. The third kappa shape index (κ3) is 3.55. The molecule has 1 saturated carbocycles. The van der Waals surface area contributed by atoms with Gasteiger partial charge in [0, 0.05) is 38.0 Å². The highest BCUT2D eigenvalue weighted by atomic mass is 16.5. The SMILES string of the molecule is O=C(CCN1C[C@H]2c3ccccc3OC[C@@]2(C(=O)O)C1)NC1CCCCC1. The van der Waals surface area contributed by atoms with Crippen molar-refractivity contribution in [2.45, 2.75) is 50.5 Å². The molecule has 6 nitrogen and oxygen atoms in total. The number of hydrogen-bond acceptors (Lipinski definition) is 4. The number of carbonyl (C=O) groups excluding carboxylic acids is 1. The molecule has 2 N–H and O–H groups in total. The van der Waals surface area contributed by atoms with Gasteiger partial charge in [-0.1, -0.05) is 37.5 Å². The summed E-state index contributed by atoms with van der Waals surface area (Å²) in [5, 5.41) is 13.1. The van der Waals surface area contributed by atoms with Crippen LogP contribution in [-0.2, 0) is 9.59 Å². The highest BCUT2D eigenvalue weighted by Gasteiger charge is 2.56. The normalized spacial score (nSPS) is 28.1. The van der Waals surface area contributed by atoms with Crippen LogP contribution >= 0.6 is 0 Å². The van der Waals surface area contributed by atoms with E-state index in [2.05, 4.69) is 10.2 Å². The van der Waals surface area contributed by atoms with Crippen molar-refractivity contribution >= 4 is 11.9 Å². The fourth-order valence-electron chi connectivity index (χ4n) is 4.91. The van der Waals surface area contributed by atoms with Crippen molar-refractivity contribution in [2.75, 3.05) is 26.2 Å². The first kappa shape index (κ1) is 18.3. The fraction of sp³-hybridized carbons (Fsp3) is 0.619. The summed E-state index contributed by atoms with van der Waals surface area (Å²) < 4.78 is 5.79. The molecule has 1 aliphatic carbocycles. The van der Waals surface area contributed by atoms with Gasteiger partial charge in [-0.2, -0.15) is 0 Å². The van der Waals surface area contributed by atoms with E-state index in [1.165, 1.54) is 19.3 Å². The zero-order valence-electron chi connectivity index (χ0n) is 15.7. The highest BCUT2D eigenvalue weighted by molar-refractivity contribution is 5.79. The second-order valence-electron chi connectivity index (χ2n) is 8.23. The number of rotatable bonds is 5. The predicted octanol–water partition coefficient (Wildman–Crippen LogP) is 2.39. The topological polar surface area (TPSA) is 78.9 Å². The largest absolute Gasteiger partial charge is 0.492 e. The Hall–Kier alpha value is -2.08. The number of likely N-dealkylation sites (tertiary alicyclic amines) is 1. The van der Waals surface area contributed by atoms with Gasteiger partial charge in [-0.05, 0) is 24.5 Å². The van der Waals surface area contributed by atoms with Crippen LogP contribution in [0.4, 0.5) is 0 Å². The van der Waals surface area contributed by atoms with Gasteiger partial charge in [-0.15, -0.1) is 0 Å². The average molecular weight is 372 g/mol. The molecule has 0 spiro atoms. The van der Waals surface area contributed by atoms with Crippen LogP contribution in [0.15, 0.2) is 24.3 Å². The smallest absolute Gasteiger partial charge is 0.315 e. The predicted molar refractivity (Wildman–Crippen MR) is 101 cm³/mol. The van der Waals surface area contributed by atoms with E-state index in [4.69, 9.17) is 4.74 Å². The molecule has 2 fully saturated rings. The molecule has 3 aliphatic rings. The van der Waals surface area contributed by atoms with Gasteiger partial charge < -0.3 is 20.1 Å². The Labute approximate surface area is 159 Å². The molecular weight excluding hydrogens is 344 g/mol. The molecular formula is C21H28N2O4. The summed E-state index contributed by atoms with van der Waals surface area (Å²) >= 11 is 0. The first-order valence-electron chi connectivity index (χ1n) is 10.1. The molecule has 2 aliphatic heterocycles.